The topological polar surface area (TPSA) is 84.2 Å². The maximum absolute atomic E-state index is 13.2. The SMILES string of the molecule is CSc1cccc(NC(=O)c2nc(-c3ccccc3)oc2-c2ccc(NC(C)=O)cc2)c1. The van der Waals surface area contributed by atoms with E-state index in [2.05, 4.69) is 15.6 Å². The van der Waals surface area contributed by atoms with E-state index in [1.807, 2.05) is 60.9 Å². The number of nitrogens with one attached hydrogen (secondary N) is 2. The molecule has 0 atom stereocenters. The van der Waals surface area contributed by atoms with Crippen LogP contribution in [-0.4, -0.2) is 23.1 Å². The third-order valence-corrected chi connectivity index (χ3v) is 5.38. The normalized spacial score (nSPS) is 10.6. The Balaban J connectivity index is 1.72. The molecule has 1 heterocycles. The molecule has 4 rings (SSSR count). The fraction of sp³-hybridized carbons (Fsp3) is 0.0800. The van der Waals surface area contributed by atoms with Crippen molar-refractivity contribution in [2.45, 2.75) is 11.8 Å². The Bertz CT molecular complexity index is 1250. The molecule has 3 aromatic carbocycles. The van der Waals surface area contributed by atoms with Crippen molar-refractivity contribution >= 4 is 35.0 Å². The minimum atomic E-state index is -0.366. The Morgan fingerprint density at radius 2 is 1.59 bits per heavy atom. The molecule has 0 saturated carbocycles. The Hall–Kier alpha value is -3.84. The molecule has 0 radical (unpaired) electrons. The van der Waals surface area contributed by atoms with E-state index in [1.165, 1.54) is 6.92 Å². The minimum absolute atomic E-state index is 0.156. The van der Waals surface area contributed by atoms with Crippen LogP contribution >= 0.6 is 11.8 Å². The first-order chi connectivity index (χ1) is 15.5. The monoisotopic (exact) mass is 443 g/mol. The number of oxazole rings is 1. The first-order valence-electron chi connectivity index (χ1n) is 9.93. The summed E-state index contributed by atoms with van der Waals surface area (Å²) in [6, 6.07) is 24.1. The van der Waals surface area contributed by atoms with E-state index in [0.717, 1.165) is 10.5 Å². The average molecular weight is 444 g/mol. The summed E-state index contributed by atoms with van der Waals surface area (Å²) >= 11 is 1.60. The molecule has 0 fully saturated rings. The molecule has 2 amide bonds. The molecule has 32 heavy (non-hydrogen) atoms. The first kappa shape index (κ1) is 21.4. The molecule has 0 unspecified atom stereocenters. The van der Waals surface area contributed by atoms with Crippen molar-refractivity contribution in [3.63, 3.8) is 0 Å². The zero-order valence-electron chi connectivity index (χ0n) is 17.6. The highest BCUT2D eigenvalue weighted by molar-refractivity contribution is 7.98. The molecule has 0 aliphatic carbocycles. The fourth-order valence-electron chi connectivity index (χ4n) is 3.17. The number of aromatic nitrogens is 1. The number of thioether (sulfide) groups is 1. The van der Waals surface area contributed by atoms with Gasteiger partial charge in [0.1, 0.15) is 0 Å². The molecule has 0 bridgehead atoms. The van der Waals surface area contributed by atoms with Crippen LogP contribution < -0.4 is 10.6 Å². The number of carbonyl (C=O) groups is 2. The summed E-state index contributed by atoms with van der Waals surface area (Å²) in [6.07, 6.45) is 1.98. The quantitative estimate of drug-likeness (QED) is 0.360. The third-order valence-electron chi connectivity index (χ3n) is 4.66. The van der Waals surface area contributed by atoms with Crippen molar-refractivity contribution in [1.82, 2.24) is 4.98 Å². The molecular formula is C25H21N3O3S. The Morgan fingerprint density at radius 3 is 2.28 bits per heavy atom. The van der Waals surface area contributed by atoms with Crippen LogP contribution in [0.25, 0.3) is 22.8 Å². The number of carbonyl (C=O) groups excluding carboxylic acids is 2. The van der Waals surface area contributed by atoms with Crippen molar-refractivity contribution in [2.75, 3.05) is 16.9 Å². The molecule has 4 aromatic rings. The number of anilines is 2. The van der Waals surface area contributed by atoms with Crippen molar-refractivity contribution in [3.05, 3.63) is 84.6 Å². The van der Waals surface area contributed by atoms with Gasteiger partial charge in [-0.1, -0.05) is 24.3 Å². The number of rotatable bonds is 6. The van der Waals surface area contributed by atoms with Crippen LogP contribution in [0.15, 0.2) is 88.2 Å². The predicted molar refractivity (Wildman–Crippen MR) is 128 cm³/mol. The van der Waals surface area contributed by atoms with E-state index in [4.69, 9.17) is 4.42 Å². The van der Waals surface area contributed by atoms with Crippen molar-refractivity contribution in [1.29, 1.82) is 0 Å². The lowest BCUT2D eigenvalue weighted by molar-refractivity contribution is -0.114. The number of hydrogen-bond acceptors (Lipinski definition) is 5. The van der Waals surface area contributed by atoms with Gasteiger partial charge in [0.25, 0.3) is 5.91 Å². The minimum Gasteiger partial charge on any atom is -0.435 e. The van der Waals surface area contributed by atoms with Crippen LogP contribution in [0.4, 0.5) is 11.4 Å². The maximum atomic E-state index is 13.2. The van der Waals surface area contributed by atoms with Crippen LogP contribution in [0.1, 0.15) is 17.4 Å². The first-order valence-corrected chi connectivity index (χ1v) is 11.2. The van der Waals surface area contributed by atoms with Gasteiger partial charge in [-0.2, -0.15) is 0 Å². The van der Waals surface area contributed by atoms with E-state index in [-0.39, 0.29) is 17.5 Å². The Labute approximate surface area is 190 Å². The second-order valence-corrected chi connectivity index (χ2v) is 7.89. The summed E-state index contributed by atoms with van der Waals surface area (Å²) in [6.45, 7) is 1.45. The molecule has 6 nitrogen and oxygen atoms in total. The molecule has 2 N–H and O–H groups in total. The second kappa shape index (κ2) is 9.53. The van der Waals surface area contributed by atoms with Gasteiger partial charge in [0.15, 0.2) is 11.5 Å². The van der Waals surface area contributed by atoms with E-state index in [1.54, 1.807) is 36.0 Å². The molecule has 0 aliphatic heterocycles. The zero-order valence-corrected chi connectivity index (χ0v) is 18.4. The van der Waals surface area contributed by atoms with Crippen LogP contribution in [0.5, 0.6) is 0 Å². The second-order valence-electron chi connectivity index (χ2n) is 7.01. The van der Waals surface area contributed by atoms with Gasteiger partial charge < -0.3 is 15.1 Å². The number of amides is 2. The summed E-state index contributed by atoms with van der Waals surface area (Å²) in [7, 11) is 0. The van der Waals surface area contributed by atoms with Gasteiger partial charge in [0.05, 0.1) is 0 Å². The Kier molecular flexibility index (Phi) is 6.37. The molecule has 0 saturated heterocycles. The molecular weight excluding hydrogens is 422 g/mol. The van der Waals surface area contributed by atoms with E-state index in [0.29, 0.717) is 28.6 Å². The summed E-state index contributed by atoms with van der Waals surface area (Å²) in [5.41, 5.74) is 2.97. The largest absolute Gasteiger partial charge is 0.435 e. The van der Waals surface area contributed by atoms with Crippen molar-refractivity contribution in [2.24, 2.45) is 0 Å². The summed E-state index contributed by atoms with van der Waals surface area (Å²) < 4.78 is 6.05. The zero-order chi connectivity index (χ0) is 22.5. The van der Waals surface area contributed by atoms with Crippen LogP contribution in [0.3, 0.4) is 0 Å². The standard InChI is InChI=1S/C25H21N3O3S/c1-16(29)26-19-13-11-17(12-14-19)23-22(28-25(31-23)18-7-4-3-5-8-18)24(30)27-20-9-6-10-21(15-20)32-2/h3-15H,1-2H3,(H,26,29)(H,27,30). The van der Waals surface area contributed by atoms with Gasteiger partial charge in [-0.3, -0.25) is 9.59 Å². The van der Waals surface area contributed by atoms with Crippen molar-refractivity contribution in [3.8, 4) is 22.8 Å². The van der Waals surface area contributed by atoms with Gasteiger partial charge in [0, 0.05) is 34.3 Å². The van der Waals surface area contributed by atoms with Crippen LogP contribution in [0, 0.1) is 0 Å². The summed E-state index contributed by atoms with van der Waals surface area (Å²) in [5.74, 6) is 0.192. The summed E-state index contributed by atoms with van der Waals surface area (Å²) in [4.78, 5) is 30.0. The van der Waals surface area contributed by atoms with Crippen LogP contribution in [0.2, 0.25) is 0 Å². The van der Waals surface area contributed by atoms with E-state index in [9.17, 15) is 9.59 Å². The lowest BCUT2D eigenvalue weighted by Crippen LogP contribution is -2.13. The summed E-state index contributed by atoms with van der Waals surface area (Å²) in [5, 5.41) is 5.64. The molecule has 7 heteroatoms. The fourth-order valence-corrected chi connectivity index (χ4v) is 3.63. The number of nitrogens with zero attached hydrogens (tertiary/aromatic N) is 1. The highest BCUT2D eigenvalue weighted by Crippen LogP contribution is 2.31. The van der Waals surface area contributed by atoms with E-state index < -0.39 is 0 Å². The molecule has 0 aliphatic rings. The predicted octanol–water partition coefficient (Wildman–Crippen LogP) is 5.94. The third kappa shape index (κ3) is 4.90. The average Bonchev–Trinajstić information content (AvgIpc) is 3.26. The highest BCUT2D eigenvalue weighted by atomic mass is 32.2. The lowest BCUT2D eigenvalue weighted by Gasteiger charge is -2.07. The van der Waals surface area contributed by atoms with Gasteiger partial charge in [-0.05, 0) is 60.9 Å². The molecule has 0 spiro atoms. The Morgan fingerprint density at radius 1 is 0.844 bits per heavy atom. The smallest absolute Gasteiger partial charge is 0.278 e. The van der Waals surface area contributed by atoms with Gasteiger partial charge in [0.2, 0.25) is 11.8 Å². The van der Waals surface area contributed by atoms with E-state index >= 15 is 0 Å². The van der Waals surface area contributed by atoms with Gasteiger partial charge >= 0.3 is 0 Å². The maximum Gasteiger partial charge on any atom is 0.278 e. The lowest BCUT2D eigenvalue weighted by atomic mass is 10.1. The van der Waals surface area contributed by atoms with Crippen LogP contribution in [-0.2, 0) is 4.79 Å². The molecule has 160 valence electrons. The van der Waals surface area contributed by atoms with Crippen molar-refractivity contribution < 1.29 is 14.0 Å². The van der Waals surface area contributed by atoms with Gasteiger partial charge in [-0.25, -0.2) is 4.98 Å². The highest BCUT2D eigenvalue weighted by Gasteiger charge is 2.22. The number of hydrogen-bond donors (Lipinski definition) is 2. The molecule has 1 aromatic heterocycles. The van der Waals surface area contributed by atoms with Gasteiger partial charge in [-0.15, -0.1) is 11.8 Å². The number of benzene rings is 3.